The monoisotopic (exact) mass is 209 g/mol. The molecule has 0 heterocycles. The second kappa shape index (κ2) is 3.86. The first kappa shape index (κ1) is 12.8. The lowest BCUT2D eigenvalue weighted by molar-refractivity contribution is -0.194. The Morgan fingerprint density at radius 2 is 1.79 bits per heavy atom. The van der Waals surface area contributed by atoms with E-state index in [1.54, 1.807) is 0 Å². The number of hydrogen-bond donors (Lipinski definition) is 0. The summed E-state index contributed by atoms with van der Waals surface area (Å²) in [5.41, 5.74) is -1.03. The van der Waals surface area contributed by atoms with E-state index in [1.165, 1.54) is 20.8 Å². The molecule has 0 aliphatic heterocycles. The first-order valence-corrected chi connectivity index (χ1v) is 3.77. The summed E-state index contributed by atoms with van der Waals surface area (Å²) < 4.78 is 40.5. The molecule has 3 nitrogen and oxygen atoms in total. The average Bonchev–Trinajstić information content (AvgIpc) is 1.79. The van der Waals surface area contributed by atoms with Crippen molar-refractivity contribution in [3.63, 3.8) is 0 Å². The Morgan fingerprint density at radius 3 is 2.00 bits per heavy atom. The molecule has 1 atom stereocenters. The summed E-state index contributed by atoms with van der Waals surface area (Å²) >= 11 is 0. The Morgan fingerprint density at radius 1 is 1.36 bits per heavy atom. The van der Waals surface area contributed by atoms with Gasteiger partial charge in [-0.25, -0.2) is 0 Å². The van der Waals surface area contributed by atoms with E-state index >= 15 is 0 Å². The van der Waals surface area contributed by atoms with Gasteiger partial charge in [-0.1, -0.05) is 0 Å². The Kier molecular flexibility index (Phi) is 3.52. The fraction of sp³-hybridized carbons (Fsp3) is 0.750. The Balaban J connectivity index is 4.61. The van der Waals surface area contributed by atoms with Gasteiger partial charge in [0, 0.05) is 0 Å². The van der Waals surface area contributed by atoms with Crippen molar-refractivity contribution in [2.24, 2.45) is 5.92 Å². The predicted molar refractivity (Wildman–Crippen MR) is 41.0 cm³/mol. The molecule has 0 rings (SSSR count). The lowest BCUT2D eigenvalue weighted by atomic mass is 10.1. The summed E-state index contributed by atoms with van der Waals surface area (Å²) in [6, 6.07) is 0.865. The van der Waals surface area contributed by atoms with E-state index in [1.807, 2.05) is 0 Å². The zero-order chi connectivity index (χ0) is 11.6. The zero-order valence-electron chi connectivity index (χ0n) is 7.97. The smallest absolute Gasteiger partial charge is 0.415 e. The molecule has 0 aromatic heterocycles. The molecule has 0 aliphatic carbocycles. The number of ether oxygens (including phenoxy) is 1. The van der Waals surface area contributed by atoms with Crippen LogP contribution in [-0.4, -0.2) is 17.7 Å². The first-order valence-electron chi connectivity index (χ1n) is 3.77. The minimum atomic E-state index is -4.88. The highest BCUT2D eigenvalue weighted by Crippen LogP contribution is 2.27. The number of nitriles is 1. The van der Waals surface area contributed by atoms with Gasteiger partial charge in [-0.3, -0.25) is 4.79 Å². The highest BCUT2D eigenvalue weighted by molar-refractivity contribution is 5.76. The van der Waals surface area contributed by atoms with Crippen LogP contribution in [0.1, 0.15) is 20.8 Å². The molecule has 0 amide bonds. The SMILES string of the molecule is CC(C)(C)OC(=O)C(C#N)C(F)(F)F. The van der Waals surface area contributed by atoms with Crippen molar-refractivity contribution in [1.82, 2.24) is 0 Å². The average molecular weight is 209 g/mol. The maximum Gasteiger partial charge on any atom is 0.415 e. The van der Waals surface area contributed by atoms with Crippen molar-refractivity contribution < 1.29 is 22.7 Å². The van der Waals surface area contributed by atoms with Crippen molar-refractivity contribution in [2.45, 2.75) is 32.5 Å². The number of rotatable bonds is 1. The lowest BCUT2D eigenvalue weighted by Crippen LogP contribution is -2.35. The Labute approximate surface area is 79.5 Å². The second-order valence-corrected chi connectivity index (χ2v) is 3.64. The molecule has 0 saturated carbocycles. The van der Waals surface area contributed by atoms with E-state index in [4.69, 9.17) is 5.26 Å². The van der Waals surface area contributed by atoms with Crippen LogP contribution in [0.15, 0.2) is 0 Å². The van der Waals surface area contributed by atoms with Gasteiger partial charge < -0.3 is 4.74 Å². The lowest BCUT2D eigenvalue weighted by Gasteiger charge is -2.22. The standard InChI is InChI=1S/C8H10F3NO2/c1-7(2,3)14-6(13)5(4-12)8(9,10)11/h5H,1-3H3. The van der Waals surface area contributed by atoms with E-state index in [0.29, 0.717) is 0 Å². The van der Waals surface area contributed by atoms with Gasteiger partial charge in [0.25, 0.3) is 0 Å². The van der Waals surface area contributed by atoms with E-state index in [-0.39, 0.29) is 0 Å². The molecule has 0 radical (unpaired) electrons. The van der Waals surface area contributed by atoms with Gasteiger partial charge in [0.15, 0.2) is 0 Å². The third kappa shape index (κ3) is 4.12. The van der Waals surface area contributed by atoms with Gasteiger partial charge >= 0.3 is 12.1 Å². The minimum Gasteiger partial charge on any atom is -0.459 e. The van der Waals surface area contributed by atoms with Crippen molar-refractivity contribution in [2.75, 3.05) is 0 Å². The van der Waals surface area contributed by atoms with Crippen LogP contribution in [-0.2, 0) is 9.53 Å². The second-order valence-electron chi connectivity index (χ2n) is 3.64. The molecule has 1 unspecified atom stereocenters. The fourth-order valence-corrected chi connectivity index (χ4v) is 0.620. The number of carbonyl (C=O) groups is 1. The van der Waals surface area contributed by atoms with E-state index in [2.05, 4.69) is 4.74 Å². The summed E-state index contributed by atoms with van der Waals surface area (Å²) in [5, 5.41) is 8.16. The minimum absolute atomic E-state index is 0.865. The molecule has 0 fully saturated rings. The third-order valence-corrected chi connectivity index (χ3v) is 1.10. The van der Waals surface area contributed by atoms with Crippen molar-refractivity contribution >= 4 is 5.97 Å². The molecule has 0 bridgehead atoms. The number of carbonyl (C=O) groups excluding carboxylic acids is 1. The highest BCUT2D eigenvalue weighted by Gasteiger charge is 2.47. The highest BCUT2D eigenvalue weighted by atomic mass is 19.4. The fourth-order valence-electron chi connectivity index (χ4n) is 0.620. The van der Waals surface area contributed by atoms with Crippen LogP contribution in [0.4, 0.5) is 13.2 Å². The van der Waals surface area contributed by atoms with E-state index < -0.39 is 23.7 Å². The maximum absolute atomic E-state index is 12.0. The normalized spacial score (nSPS) is 14.4. The largest absolute Gasteiger partial charge is 0.459 e. The maximum atomic E-state index is 12.0. The van der Waals surface area contributed by atoms with Gasteiger partial charge in [0.05, 0.1) is 6.07 Å². The number of esters is 1. The van der Waals surface area contributed by atoms with Crippen LogP contribution < -0.4 is 0 Å². The summed E-state index contributed by atoms with van der Waals surface area (Å²) in [6.45, 7) is 4.28. The van der Waals surface area contributed by atoms with Crippen LogP contribution in [0.2, 0.25) is 0 Å². The van der Waals surface area contributed by atoms with Crippen LogP contribution in [0.5, 0.6) is 0 Å². The van der Waals surface area contributed by atoms with Crippen molar-refractivity contribution in [1.29, 1.82) is 5.26 Å². The molecule has 0 N–H and O–H groups in total. The van der Waals surface area contributed by atoms with Crippen LogP contribution >= 0.6 is 0 Å². The Bertz CT molecular complexity index is 259. The van der Waals surface area contributed by atoms with Gasteiger partial charge in [0.2, 0.25) is 5.92 Å². The topological polar surface area (TPSA) is 50.1 Å². The molecule has 0 aromatic rings. The van der Waals surface area contributed by atoms with Crippen LogP contribution in [0, 0.1) is 17.2 Å². The third-order valence-electron chi connectivity index (χ3n) is 1.10. The molecular formula is C8H10F3NO2. The summed E-state index contributed by atoms with van der Waals surface area (Å²) in [7, 11) is 0. The number of hydrogen-bond acceptors (Lipinski definition) is 3. The zero-order valence-corrected chi connectivity index (χ0v) is 7.97. The summed E-state index contributed by atoms with van der Waals surface area (Å²) in [5.74, 6) is -4.27. The van der Waals surface area contributed by atoms with Crippen molar-refractivity contribution in [3.05, 3.63) is 0 Å². The summed E-state index contributed by atoms with van der Waals surface area (Å²) in [4.78, 5) is 10.9. The molecular weight excluding hydrogens is 199 g/mol. The van der Waals surface area contributed by atoms with E-state index in [0.717, 1.165) is 6.07 Å². The molecule has 0 saturated heterocycles. The number of alkyl halides is 3. The van der Waals surface area contributed by atoms with Gasteiger partial charge in [0.1, 0.15) is 5.60 Å². The number of halogens is 3. The van der Waals surface area contributed by atoms with E-state index in [9.17, 15) is 18.0 Å². The summed E-state index contributed by atoms with van der Waals surface area (Å²) in [6.07, 6.45) is -4.88. The van der Waals surface area contributed by atoms with Gasteiger partial charge in [-0.2, -0.15) is 18.4 Å². The van der Waals surface area contributed by atoms with Crippen LogP contribution in [0.3, 0.4) is 0 Å². The number of nitrogens with zero attached hydrogens (tertiary/aromatic N) is 1. The van der Waals surface area contributed by atoms with Gasteiger partial charge in [-0.05, 0) is 20.8 Å². The quantitative estimate of drug-likeness (QED) is 0.621. The first-order chi connectivity index (χ1) is 6.08. The Hall–Kier alpha value is -1.25. The van der Waals surface area contributed by atoms with Gasteiger partial charge in [-0.15, -0.1) is 0 Å². The predicted octanol–water partition coefficient (Wildman–Crippen LogP) is 2.03. The van der Waals surface area contributed by atoms with Crippen molar-refractivity contribution in [3.8, 4) is 6.07 Å². The molecule has 0 aromatic carbocycles. The molecule has 14 heavy (non-hydrogen) atoms. The molecule has 6 heteroatoms. The molecule has 0 spiro atoms. The molecule has 0 aliphatic rings. The molecule has 80 valence electrons. The van der Waals surface area contributed by atoms with Crippen LogP contribution in [0.25, 0.3) is 0 Å².